The predicted molar refractivity (Wildman–Crippen MR) is 156 cm³/mol. The Labute approximate surface area is 256 Å². The van der Waals surface area contributed by atoms with Crippen molar-refractivity contribution in [3.8, 4) is 12.1 Å². The van der Waals surface area contributed by atoms with Crippen LogP contribution in [0.3, 0.4) is 0 Å². The summed E-state index contributed by atoms with van der Waals surface area (Å²) in [6.07, 6.45) is -4.97. The maximum atomic E-state index is 14.5. The number of halogens is 5. The van der Waals surface area contributed by atoms with E-state index in [4.69, 9.17) is 16.3 Å². The Morgan fingerprint density at radius 1 is 1.20 bits per heavy atom. The van der Waals surface area contributed by atoms with E-state index in [0.717, 1.165) is 21.5 Å². The molecule has 1 N–H and O–H groups in total. The number of piperazine rings is 1. The molecular formula is C29H30ClF4N7O3. The summed E-state index contributed by atoms with van der Waals surface area (Å²) in [5.41, 5.74) is 2.15. The molecule has 44 heavy (non-hydrogen) atoms. The third-order valence-corrected chi connectivity index (χ3v) is 8.15. The van der Waals surface area contributed by atoms with Crippen molar-refractivity contribution < 1.29 is 32.2 Å². The highest BCUT2D eigenvalue weighted by atomic mass is 35.5. The van der Waals surface area contributed by atoms with Crippen molar-refractivity contribution >= 4 is 40.0 Å². The van der Waals surface area contributed by atoms with Crippen LogP contribution in [0.15, 0.2) is 30.3 Å². The van der Waals surface area contributed by atoms with Crippen molar-refractivity contribution in [3.05, 3.63) is 52.4 Å². The smallest absolute Gasteiger partial charge is 0.407 e. The second-order valence-electron chi connectivity index (χ2n) is 10.8. The van der Waals surface area contributed by atoms with E-state index in [0.29, 0.717) is 36.4 Å². The molecule has 1 atom stereocenters. The van der Waals surface area contributed by atoms with Gasteiger partial charge in [-0.2, -0.15) is 28.4 Å². The summed E-state index contributed by atoms with van der Waals surface area (Å²) < 4.78 is 58.6. The summed E-state index contributed by atoms with van der Waals surface area (Å²) in [5, 5.41) is 20.3. The molecule has 3 aromatic rings. The van der Waals surface area contributed by atoms with Gasteiger partial charge in [-0.25, -0.2) is 9.18 Å². The number of likely N-dealkylation sites (N-methyl/N-ethyl adjacent to an activating group) is 1. The number of amides is 1. The highest BCUT2D eigenvalue weighted by Gasteiger charge is 2.34. The van der Waals surface area contributed by atoms with E-state index in [1.807, 2.05) is 28.0 Å². The fraction of sp³-hybridized carbons (Fsp3) is 0.448. The first-order valence-corrected chi connectivity index (χ1v) is 14.3. The first-order valence-electron chi connectivity index (χ1n) is 14.0. The Balaban J connectivity index is 1.47. The minimum absolute atomic E-state index is 0.00283. The van der Waals surface area contributed by atoms with Gasteiger partial charge in [0.2, 0.25) is 0 Å². The van der Waals surface area contributed by atoms with Crippen LogP contribution in [-0.2, 0) is 13.0 Å². The molecule has 15 heteroatoms. The minimum atomic E-state index is -4.35. The number of carbonyl (C=O) groups is 1. The Bertz CT molecular complexity index is 1590. The Hall–Kier alpha value is -4.09. The van der Waals surface area contributed by atoms with Crippen LogP contribution < -0.4 is 14.5 Å². The van der Waals surface area contributed by atoms with Crippen molar-refractivity contribution in [2.24, 2.45) is 0 Å². The number of benzene rings is 2. The van der Waals surface area contributed by atoms with E-state index < -0.39 is 30.7 Å². The third-order valence-electron chi connectivity index (χ3n) is 7.78. The maximum absolute atomic E-state index is 14.5. The largest absolute Gasteiger partial charge is 0.465 e. The zero-order chi connectivity index (χ0) is 31.6. The Morgan fingerprint density at radius 2 is 2.00 bits per heavy atom. The summed E-state index contributed by atoms with van der Waals surface area (Å²) in [6.45, 7) is 0.285. The van der Waals surface area contributed by atoms with Gasteiger partial charge in [-0.15, -0.1) is 0 Å². The molecule has 5 rings (SSSR count). The molecule has 0 bridgehead atoms. The van der Waals surface area contributed by atoms with Gasteiger partial charge in [-0.3, -0.25) is 4.90 Å². The number of hydrogen-bond donors (Lipinski definition) is 1. The molecule has 2 aliphatic rings. The van der Waals surface area contributed by atoms with Crippen molar-refractivity contribution in [2.75, 3.05) is 62.7 Å². The van der Waals surface area contributed by atoms with E-state index in [1.165, 1.54) is 18.0 Å². The van der Waals surface area contributed by atoms with Crippen LogP contribution in [0, 0.1) is 17.1 Å². The number of ether oxygens (including phenoxy) is 1. The van der Waals surface area contributed by atoms with Gasteiger partial charge in [0.1, 0.15) is 18.2 Å². The number of nitrogens with zero attached hydrogens (tertiary/aromatic N) is 7. The number of carboxylic acid groups (broad SMARTS) is 1. The molecule has 0 saturated carbocycles. The third kappa shape index (κ3) is 6.84. The van der Waals surface area contributed by atoms with E-state index in [1.54, 1.807) is 6.07 Å². The molecule has 1 amide bonds. The van der Waals surface area contributed by atoms with Crippen LogP contribution in [0.5, 0.6) is 6.01 Å². The van der Waals surface area contributed by atoms with Gasteiger partial charge in [0.15, 0.2) is 0 Å². The molecule has 0 radical (unpaired) electrons. The lowest BCUT2D eigenvalue weighted by atomic mass is 10.0. The summed E-state index contributed by atoms with van der Waals surface area (Å²) in [6, 6.07) is 9.98. The van der Waals surface area contributed by atoms with E-state index >= 15 is 0 Å². The number of anilines is 2. The molecule has 234 valence electrons. The highest BCUT2D eigenvalue weighted by molar-refractivity contribution is 6.36. The molecule has 1 aromatic heterocycles. The molecule has 3 heterocycles. The van der Waals surface area contributed by atoms with Gasteiger partial charge < -0.3 is 24.5 Å². The van der Waals surface area contributed by atoms with Gasteiger partial charge in [0.05, 0.1) is 42.3 Å². The van der Waals surface area contributed by atoms with Crippen LogP contribution >= 0.6 is 11.6 Å². The van der Waals surface area contributed by atoms with Crippen LogP contribution in [0.25, 0.3) is 10.8 Å². The van der Waals surface area contributed by atoms with Crippen molar-refractivity contribution in [2.45, 2.75) is 31.6 Å². The first kappa shape index (κ1) is 31.3. The number of hydrogen-bond acceptors (Lipinski definition) is 8. The number of aromatic nitrogens is 2. The second kappa shape index (κ2) is 12.9. The number of rotatable bonds is 8. The van der Waals surface area contributed by atoms with E-state index in [2.05, 4.69) is 16.0 Å². The lowest BCUT2D eigenvalue weighted by Gasteiger charge is -2.41. The van der Waals surface area contributed by atoms with Crippen LogP contribution in [0.4, 0.5) is 33.9 Å². The molecule has 0 spiro atoms. The Kier molecular flexibility index (Phi) is 9.17. The SMILES string of the molecule is CN(CCOc1nc2c(c(N3CCN(C(=O)O)C(CC#N)C3)n1)CCN(c1cccc3ccc(F)c(Cl)c13)C2)CC(F)(F)F. The summed E-state index contributed by atoms with van der Waals surface area (Å²) in [7, 11) is 1.34. The number of nitriles is 1. The zero-order valence-electron chi connectivity index (χ0n) is 23.8. The predicted octanol–water partition coefficient (Wildman–Crippen LogP) is 4.94. The van der Waals surface area contributed by atoms with Crippen molar-refractivity contribution in [1.29, 1.82) is 5.26 Å². The maximum Gasteiger partial charge on any atom is 0.407 e. The monoisotopic (exact) mass is 635 g/mol. The van der Waals surface area contributed by atoms with E-state index in [9.17, 15) is 32.7 Å². The van der Waals surface area contributed by atoms with Crippen LogP contribution in [0.1, 0.15) is 17.7 Å². The molecule has 0 aliphatic carbocycles. The summed E-state index contributed by atoms with van der Waals surface area (Å²) in [4.78, 5) is 27.3. The topological polar surface area (TPSA) is 109 Å². The summed E-state index contributed by atoms with van der Waals surface area (Å²) in [5.74, 6) is -0.00416. The molecule has 10 nitrogen and oxygen atoms in total. The number of fused-ring (bicyclic) bond motifs is 2. The minimum Gasteiger partial charge on any atom is -0.465 e. The normalized spacial score (nSPS) is 17.1. The Morgan fingerprint density at radius 3 is 2.73 bits per heavy atom. The van der Waals surface area contributed by atoms with Crippen LogP contribution in [0.2, 0.25) is 5.02 Å². The van der Waals surface area contributed by atoms with Gasteiger partial charge in [-0.05, 0) is 31.0 Å². The van der Waals surface area contributed by atoms with Gasteiger partial charge in [0.25, 0.3) is 0 Å². The lowest BCUT2D eigenvalue weighted by Crippen LogP contribution is -2.55. The lowest BCUT2D eigenvalue weighted by molar-refractivity contribution is -0.143. The quantitative estimate of drug-likeness (QED) is 0.344. The molecule has 1 unspecified atom stereocenters. The zero-order valence-corrected chi connectivity index (χ0v) is 24.6. The van der Waals surface area contributed by atoms with Gasteiger partial charge >= 0.3 is 18.3 Å². The standard InChI is InChI=1S/C29H30ClF4N7O3/c1-38(17-29(32,33)34)13-14-44-27-36-22-16-39(23-4-2-3-18-5-6-21(31)25(30)24(18)23)10-8-20(22)26(37-27)40-11-12-41(28(42)43)19(15-40)7-9-35/h2-6,19H,7-8,10-17H2,1H3,(H,42,43). The molecule has 1 fully saturated rings. The first-order chi connectivity index (χ1) is 20.9. The van der Waals surface area contributed by atoms with Crippen LogP contribution in [-0.4, -0.2) is 96.1 Å². The summed E-state index contributed by atoms with van der Waals surface area (Å²) >= 11 is 6.40. The average molecular weight is 636 g/mol. The molecule has 1 saturated heterocycles. The molecule has 2 aromatic carbocycles. The van der Waals surface area contributed by atoms with E-state index in [-0.39, 0.29) is 50.2 Å². The van der Waals surface area contributed by atoms with Crippen molar-refractivity contribution in [3.63, 3.8) is 0 Å². The second-order valence-corrected chi connectivity index (χ2v) is 11.2. The van der Waals surface area contributed by atoms with Gasteiger partial charge in [0, 0.05) is 49.4 Å². The molecular weight excluding hydrogens is 606 g/mol. The average Bonchev–Trinajstić information content (AvgIpc) is 2.97. The van der Waals surface area contributed by atoms with Gasteiger partial charge in [-0.1, -0.05) is 29.8 Å². The fourth-order valence-corrected chi connectivity index (χ4v) is 6.00. The molecule has 2 aliphatic heterocycles. The highest BCUT2D eigenvalue weighted by Crippen LogP contribution is 2.38. The van der Waals surface area contributed by atoms with Crippen molar-refractivity contribution in [1.82, 2.24) is 19.8 Å². The fourth-order valence-electron chi connectivity index (χ4n) is 5.73. The number of alkyl halides is 3.